The molecule has 1 aliphatic carbocycles. The van der Waals surface area contributed by atoms with Crippen LogP contribution in [-0.4, -0.2) is 38.3 Å². The molecule has 2 N–H and O–H groups in total. The molecule has 116 valence electrons. The van der Waals surface area contributed by atoms with E-state index >= 15 is 0 Å². The largest absolute Gasteiger partial charge is 0.373 e. The second-order valence-corrected chi connectivity index (χ2v) is 6.74. The molecule has 0 bridgehead atoms. The molecule has 1 atom stereocenters. The summed E-state index contributed by atoms with van der Waals surface area (Å²) in [5, 5.41) is 6.96. The van der Waals surface area contributed by atoms with Gasteiger partial charge in [0.2, 0.25) is 0 Å². The van der Waals surface area contributed by atoms with Gasteiger partial charge in [-0.1, -0.05) is 19.8 Å². The highest BCUT2D eigenvalue weighted by molar-refractivity contribution is 5.79. The maximum absolute atomic E-state index is 5.81. The van der Waals surface area contributed by atoms with E-state index < -0.39 is 0 Å². The third-order valence-electron chi connectivity index (χ3n) is 5.20. The van der Waals surface area contributed by atoms with E-state index in [1.807, 2.05) is 7.05 Å². The molecule has 4 heteroatoms. The van der Waals surface area contributed by atoms with Crippen LogP contribution in [0.15, 0.2) is 4.99 Å². The van der Waals surface area contributed by atoms with Gasteiger partial charge >= 0.3 is 0 Å². The van der Waals surface area contributed by atoms with E-state index in [1.165, 1.54) is 38.5 Å². The summed E-state index contributed by atoms with van der Waals surface area (Å²) >= 11 is 0. The molecule has 0 spiro atoms. The van der Waals surface area contributed by atoms with E-state index in [-0.39, 0.29) is 5.60 Å². The lowest BCUT2D eigenvalue weighted by Crippen LogP contribution is -2.47. The molecule has 1 saturated carbocycles. The number of nitrogens with zero attached hydrogens (tertiary/aromatic N) is 1. The molecule has 2 aliphatic rings. The van der Waals surface area contributed by atoms with E-state index in [4.69, 9.17) is 4.74 Å². The molecule has 0 amide bonds. The zero-order valence-corrected chi connectivity index (χ0v) is 13.4. The normalized spacial score (nSPS) is 29.6. The zero-order valence-electron chi connectivity index (χ0n) is 13.4. The molecule has 2 fully saturated rings. The standard InChI is InChI=1S/C16H31N3O/c1-4-16(9-5-6-10-16)13-19-14(17-3)18-12-15(2)8-7-11-20-15/h4-13H2,1-3H3,(H2,17,18,19). The Morgan fingerprint density at radius 1 is 1.10 bits per heavy atom. The first kappa shape index (κ1) is 15.6. The highest BCUT2D eigenvalue weighted by Crippen LogP contribution is 2.40. The van der Waals surface area contributed by atoms with E-state index in [1.54, 1.807) is 0 Å². The molecular formula is C16H31N3O. The Bertz CT molecular complexity index is 329. The van der Waals surface area contributed by atoms with Crippen LogP contribution in [0, 0.1) is 5.41 Å². The predicted octanol–water partition coefficient (Wildman–Crippen LogP) is 2.69. The van der Waals surface area contributed by atoms with Crippen LogP contribution in [0.4, 0.5) is 0 Å². The van der Waals surface area contributed by atoms with Crippen molar-refractivity contribution in [2.45, 2.75) is 64.4 Å². The minimum atomic E-state index is -0.0204. The fourth-order valence-electron chi connectivity index (χ4n) is 3.52. The first-order valence-electron chi connectivity index (χ1n) is 8.20. The van der Waals surface area contributed by atoms with Crippen molar-refractivity contribution in [1.29, 1.82) is 0 Å². The monoisotopic (exact) mass is 281 g/mol. The molecule has 4 nitrogen and oxygen atoms in total. The van der Waals surface area contributed by atoms with Gasteiger partial charge in [0, 0.05) is 26.7 Å². The van der Waals surface area contributed by atoms with Crippen LogP contribution in [0.2, 0.25) is 0 Å². The number of hydrogen-bond donors (Lipinski definition) is 2. The third kappa shape index (κ3) is 3.87. The maximum Gasteiger partial charge on any atom is 0.191 e. The fourth-order valence-corrected chi connectivity index (χ4v) is 3.52. The van der Waals surface area contributed by atoms with Crippen LogP contribution in [0.25, 0.3) is 0 Å². The van der Waals surface area contributed by atoms with Crippen molar-refractivity contribution in [1.82, 2.24) is 10.6 Å². The van der Waals surface area contributed by atoms with Crippen molar-refractivity contribution in [3.8, 4) is 0 Å². The van der Waals surface area contributed by atoms with Gasteiger partial charge < -0.3 is 15.4 Å². The molecular weight excluding hydrogens is 250 g/mol. The minimum absolute atomic E-state index is 0.0204. The van der Waals surface area contributed by atoms with Crippen LogP contribution in [-0.2, 0) is 4.74 Å². The summed E-state index contributed by atoms with van der Waals surface area (Å²) in [5.74, 6) is 0.918. The summed E-state index contributed by atoms with van der Waals surface area (Å²) in [6.07, 6.45) is 9.04. The lowest BCUT2D eigenvalue weighted by molar-refractivity contribution is 0.0242. The summed E-state index contributed by atoms with van der Waals surface area (Å²) in [7, 11) is 1.85. The van der Waals surface area contributed by atoms with Crippen LogP contribution in [0.1, 0.15) is 58.8 Å². The Morgan fingerprint density at radius 3 is 2.35 bits per heavy atom. The Labute approximate surface area is 123 Å². The quantitative estimate of drug-likeness (QED) is 0.601. The van der Waals surface area contributed by atoms with Gasteiger partial charge in [0.1, 0.15) is 0 Å². The highest BCUT2D eigenvalue weighted by atomic mass is 16.5. The summed E-state index contributed by atoms with van der Waals surface area (Å²) in [6, 6.07) is 0. The Morgan fingerprint density at radius 2 is 1.80 bits per heavy atom. The maximum atomic E-state index is 5.81. The lowest BCUT2D eigenvalue weighted by Gasteiger charge is -2.30. The zero-order chi connectivity index (χ0) is 14.5. The van der Waals surface area contributed by atoms with E-state index in [9.17, 15) is 0 Å². The first-order valence-corrected chi connectivity index (χ1v) is 8.20. The summed E-state index contributed by atoms with van der Waals surface area (Å²) in [4.78, 5) is 4.35. The average molecular weight is 281 g/mol. The molecule has 0 radical (unpaired) electrons. The highest BCUT2D eigenvalue weighted by Gasteiger charge is 2.32. The van der Waals surface area contributed by atoms with E-state index in [0.717, 1.165) is 32.1 Å². The van der Waals surface area contributed by atoms with Gasteiger partial charge in [-0.25, -0.2) is 0 Å². The number of hydrogen-bond acceptors (Lipinski definition) is 2. The second-order valence-electron chi connectivity index (χ2n) is 6.74. The molecule has 20 heavy (non-hydrogen) atoms. The Balaban J connectivity index is 1.77. The molecule has 0 aromatic carbocycles. The van der Waals surface area contributed by atoms with Crippen molar-refractivity contribution < 1.29 is 4.74 Å². The van der Waals surface area contributed by atoms with Crippen LogP contribution in [0.5, 0.6) is 0 Å². The first-order chi connectivity index (χ1) is 9.61. The van der Waals surface area contributed by atoms with Gasteiger partial charge in [-0.2, -0.15) is 0 Å². The molecule has 0 aromatic rings. The van der Waals surface area contributed by atoms with Gasteiger partial charge in [-0.3, -0.25) is 4.99 Å². The molecule has 1 heterocycles. The molecule has 1 unspecified atom stereocenters. The molecule has 0 aromatic heterocycles. The number of ether oxygens (including phenoxy) is 1. The molecule has 2 rings (SSSR count). The second kappa shape index (κ2) is 6.79. The number of nitrogens with one attached hydrogen (secondary N) is 2. The average Bonchev–Trinajstić information content (AvgIpc) is 3.09. The topological polar surface area (TPSA) is 45.7 Å². The Kier molecular flexibility index (Phi) is 5.30. The van der Waals surface area contributed by atoms with Gasteiger partial charge in [-0.05, 0) is 44.4 Å². The van der Waals surface area contributed by atoms with Crippen LogP contribution in [0.3, 0.4) is 0 Å². The number of aliphatic imine (C=N–C) groups is 1. The van der Waals surface area contributed by atoms with Crippen molar-refractivity contribution in [2.24, 2.45) is 10.4 Å². The smallest absolute Gasteiger partial charge is 0.191 e. The van der Waals surface area contributed by atoms with E-state index in [0.29, 0.717) is 5.41 Å². The van der Waals surface area contributed by atoms with Crippen molar-refractivity contribution in [2.75, 3.05) is 26.7 Å². The third-order valence-corrected chi connectivity index (χ3v) is 5.20. The molecule has 1 aliphatic heterocycles. The van der Waals surface area contributed by atoms with Gasteiger partial charge in [0.05, 0.1) is 5.60 Å². The summed E-state index contributed by atoms with van der Waals surface area (Å²) in [6.45, 7) is 7.27. The van der Waals surface area contributed by atoms with E-state index in [2.05, 4.69) is 29.5 Å². The summed E-state index contributed by atoms with van der Waals surface area (Å²) in [5.41, 5.74) is 0.471. The van der Waals surface area contributed by atoms with Crippen molar-refractivity contribution in [3.05, 3.63) is 0 Å². The summed E-state index contributed by atoms with van der Waals surface area (Å²) < 4.78 is 5.81. The number of rotatable bonds is 5. The molecule has 1 saturated heterocycles. The van der Waals surface area contributed by atoms with Gasteiger partial charge in [-0.15, -0.1) is 0 Å². The van der Waals surface area contributed by atoms with Crippen molar-refractivity contribution in [3.63, 3.8) is 0 Å². The van der Waals surface area contributed by atoms with Crippen molar-refractivity contribution >= 4 is 5.96 Å². The Hall–Kier alpha value is -0.770. The fraction of sp³-hybridized carbons (Fsp3) is 0.938. The van der Waals surface area contributed by atoms with Crippen LogP contribution < -0.4 is 10.6 Å². The lowest BCUT2D eigenvalue weighted by atomic mass is 9.83. The van der Waals surface area contributed by atoms with Crippen LogP contribution >= 0.6 is 0 Å². The number of guanidine groups is 1. The predicted molar refractivity (Wildman–Crippen MR) is 84.1 cm³/mol. The van der Waals surface area contributed by atoms with Gasteiger partial charge in [0.25, 0.3) is 0 Å². The van der Waals surface area contributed by atoms with Gasteiger partial charge in [0.15, 0.2) is 5.96 Å². The minimum Gasteiger partial charge on any atom is -0.373 e. The SMILES string of the molecule is CCC1(CNC(=NC)NCC2(C)CCCO2)CCCC1.